The van der Waals surface area contributed by atoms with Gasteiger partial charge >= 0.3 is 0 Å². The second-order valence-corrected chi connectivity index (χ2v) is 6.03. The van der Waals surface area contributed by atoms with Gasteiger partial charge in [0.25, 0.3) is 0 Å². The van der Waals surface area contributed by atoms with E-state index >= 15 is 0 Å². The summed E-state index contributed by atoms with van der Waals surface area (Å²) in [5.41, 5.74) is 6.15. The second kappa shape index (κ2) is 5.79. The molecule has 0 aliphatic heterocycles. The number of nitrogens with zero attached hydrogens (tertiary/aromatic N) is 1. The van der Waals surface area contributed by atoms with Gasteiger partial charge in [-0.2, -0.15) is 4.31 Å². The Morgan fingerprint density at radius 3 is 2.47 bits per heavy atom. The zero-order chi connectivity index (χ0) is 12.9. The normalized spacial score (nSPS) is 11.6. The Kier molecular flexibility index (Phi) is 4.65. The molecule has 3 N–H and O–H groups in total. The third kappa shape index (κ3) is 4.54. The molecule has 0 unspecified atom stereocenters. The fourth-order valence-corrected chi connectivity index (χ4v) is 2.53. The van der Waals surface area contributed by atoms with Gasteiger partial charge in [0.05, 0.1) is 12.3 Å². The molecular weight excluding hydrogens is 238 g/mol. The Balaban J connectivity index is 2.59. The quantitative estimate of drug-likeness (QED) is 0.570. The lowest BCUT2D eigenvalue weighted by Gasteiger charge is -2.16. The first kappa shape index (κ1) is 13.7. The predicted molar refractivity (Wildman–Crippen MR) is 68.5 cm³/mol. The zero-order valence-corrected chi connectivity index (χ0v) is 10.6. The first-order valence-corrected chi connectivity index (χ1v) is 6.83. The second-order valence-electron chi connectivity index (χ2n) is 3.83. The van der Waals surface area contributed by atoms with Crippen molar-refractivity contribution in [2.24, 2.45) is 5.73 Å². The molecule has 1 rings (SSSR count). The fourth-order valence-electron chi connectivity index (χ4n) is 1.39. The van der Waals surface area contributed by atoms with Crippen LogP contribution in [0.1, 0.15) is 5.56 Å². The summed E-state index contributed by atoms with van der Waals surface area (Å²) in [5.74, 6) is -0.128. The maximum absolute atomic E-state index is 11.8. The van der Waals surface area contributed by atoms with Crippen molar-refractivity contribution in [1.82, 2.24) is 4.31 Å². The average molecular weight is 255 g/mol. The molecule has 5 nitrogen and oxygen atoms in total. The van der Waals surface area contributed by atoms with Crippen LogP contribution in [0.4, 0.5) is 0 Å². The van der Waals surface area contributed by atoms with Crippen molar-refractivity contribution < 1.29 is 8.42 Å². The first-order chi connectivity index (χ1) is 7.92. The van der Waals surface area contributed by atoms with Crippen LogP contribution in [0.2, 0.25) is 0 Å². The van der Waals surface area contributed by atoms with Gasteiger partial charge < -0.3 is 5.73 Å². The largest absolute Gasteiger partial charge is 0.387 e. The highest BCUT2D eigenvalue weighted by molar-refractivity contribution is 7.89. The van der Waals surface area contributed by atoms with Crippen molar-refractivity contribution >= 4 is 15.9 Å². The fraction of sp³-hybridized carbons (Fsp3) is 0.364. The molecule has 1 aromatic carbocycles. The summed E-state index contributed by atoms with van der Waals surface area (Å²) in [7, 11) is -1.91. The van der Waals surface area contributed by atoms with Crippen LogP contribution in [0.5, 0.6) is 0 Å². The number of nitrogens with one attached hydrogen (secondary N) is 1. The van der Waals surface area contributed by atoms with Crippen LogP contribution in [0, 0.1) is 5.41 Å². The number of rotatable bonds is 6. The van der Waals surface area contributed by atoms with E-state index in [4.69, 9.17) is 11.1 Å². The summed E-state index contributed by atoms with van der Waals surface area (Å²) >= 11 is 0. The molecule has 0 saturated carbocycles. The van der Waals surface area contributed by atoms with Crippen molar-refractivity contribution in [3.05, 3.63) is 35.9 Å². The zero-order valence-electron chi connectivity index (χ0n) is 9.76. The molecule has 0 aliphatic rings. The number of amidine groups is 1. The van der Waals surface area contributed by atoms with Gasteiger partial charge in [-0.05, 0) is 12.0 Å². The Morgan fingerprint density at radius 2 is 1.94 bits per heavy atom. The molecule has 0 atom stereocenters. The van der Waals surface area contributed by atoms with Gasteiger partial charge in [0.2, 0.25) is 10.0 Å². The van der Waals surface area contributed by atoms with Crippen molar-refractivity contribution in [1.29, 1.82) is 5.41 Å². The van der Waals surface area contributed by atoms with Crippen LogP contribution in [0.15, 0.2) is 30.3 Å². The van der Waals surface area contributed by atoms with Crippen molar-refractivity contribution in [3.63, 3.8) is 0 Å². The SMILES string of the molecule is CN(CC(=N)N)S(=O)(=O)CCc1ccccc1. The lowest BCUT2D eigenvalue weighted by atomic mass is 10.2. The lowest BCUT2D eigenvalue weighted by Crippen LogP contribution is -2.36. The van der Waals surface area contributed by atoms with E-state index in [1.54, 1.807) is 0 Å². The minimum atomic E-state index is -3.34. The number of nitrogens with two attached hydrogens (primary N) is 1. The van der Waals surface area contributed by atoms with Gasteiger partial charge in [0, 0.05) is 7.05 Å². The maximum Gasteiger partial charge on any atom is 0.214 e. The highest BCUT2D eigenvalue weighted by Crippen LogP contribution is 2.04. The number of hydrogen-bond acceptors (Lipinski definition) is 3. The molecule has 0 radical (unpaired) electrons. The number of hydrogen-bond donors (Lipinski definition) is 2. The van der Waals surface area contributed by atoms with Crippen molar-refractivity contribution in [2.45, 2.75) is 6.42 Å². The summed E-state index contributed by atoms with van der Waals surface area (Å²) in [5, 5.41) is 7.07. The van der Waals surface area contributed by atoms with E-state index in [1.807, 2.05) is 30.3 Å². The standard InChI is InChI=1S/C11H17N3O2S/c1-14(9-11(12)13)17(15,16)8-7-10-5-3-2-4-6-10/h2-6H,7-9H2,1H3,(H3,12,13). The van der Waals surface area contributed by atoms with E-state index in [2.05, 4.69) is 0 Å². The van der Waals surface area contributed by atoms with E-state index in [0.717, 1.165) is 9.87 Å². The molecule has 0 amide bonds. The minimum Gasteiger partial charge on any atom is -0.387 e. The van der Waals surface area contributed by atoms with Gasteiger partial charge in [-0.3, -0.25) is 5.41 Å². The van der Waals surface area contributed by atoms with Gasteiger partial charge in [0.15, 0.2) is 0 Å². The van der Waals surface area contributed by atoms with Crippen LogP contribution in [-0.4, -0.2) is 37.9 Å². The summed E-state index contributed by atoms with van der Waals surface area (Å²) in [6.45, 7) is -0.0584. The summed E-state index contributed by atoms with van der Waals surface area (Å²) in [6.07, 6.45) is 0.464. The third-order valence-electron chi connectivity index (χ3n) is 2.36. The van der Waals surface area contributed by atoms with Crippen LogP contribution < -0.4 is 5.73 Å². The molecule has 94 valence electrons. The van der Waals surface area contributed by atoms with E-state index in [0.29, 0.717) is 6.42 Å². The monoisotopic (exact) mass is 255 g/mol. The van der Waals surface area contributed by atoms with E-state index in [1.165, 1.54) is 7.05 Å². The van der Waals surface area contributed by atoms with Crippen molar-refractivity contribution in [3.8, 4) is 0 Å². The van der Waals surface area contributed by atoms with E-state index in [-0.39, 0.29) is 18.1 Å². The topological polar surface area (TPSA) is 87.2 Å². The molecule has 0 aliphatic carbocycles. The molecule has 0 fully saturated rings. The van der Waals surface area contributed by atoms with E-state index in [9.17, 15) is 8.42 Å². The third-order valence-corrected chi connectivity index (χ3v) is 4.16. The lowest BCUT2D eigenvalue weighted by molar-refractivity contribution is 0.504. The molecular formula is C11H17N3O2S. The molecule has 0 aromatic heterocycles. The highest BCUT2D eigenvalue weighted by Gasteiger charge is 2.17. The molecule has 1 aromatic rings. The smallest absolute Gasteiger partial charge is 0.214 e. The maximum atomic E-state index is 11.8. The van der Waals surface area contributed by atoms with Gasteiger partial charge in [-0.15, -0.1) is 0 Å². The number of sulfonamides is 1. The summed E-state index contributed by atoms with van der Waals surface area (Å²) < 4.78 is 24.7. The van der Waals surface area contributed by atoms with Crippen LogP contribution in [0.3, 0.4) is 0 Å². The van der Waals surface area contributed by atoms with Crippen molar-refractivity contribution in [2.75, 3.05) is 19.3 Å². The van der Waals surface area contributed by atoms with Crippen LogP contribution in [-0.2, 0) is 16.4 Å². The summed E-state index contributed by atoms with van der Waals surface area (Å²) in [4.78, 5) is 0. The Morgan fingerprint density at radius 1 is 1.35 bits per heavy atom. The molecule has 0 saturated heterocycles. The molecule has 0 bridgehead atoms. The molecule has 0 spiro atoms. The minimum absolute atomic E-state index is 0.0286. The Hall–Kier alpha value is -1.40. The van der Waals surface area contributed by atoms with Gasteiger partial charge in [-0.25, -0.2) is 8.42 Å². The highest BCUT2D eigenvalue weighted by atomic mass is 32.2. The van der Waals surface area contributed by atoms with Crippen LogP contribution >= 0.6 is 0 Å². The van der Waals surface area contributed by atoms with Crippen LogP contribution in [0.25, 0.3) is 0 Å². The molecule has 17 heavy (non-hydrogen) atoms. The Labute approximate surface area is 102 Å². The van der Waals surface area contributed by atoms with Gasteiger partial charge in [-0.1, -0.05) is 30.3 Å². The first-order valence-electron chi connectivity index (χ1n) is 5.22. The predicted octanol–water partition coefficient (Wildman–Crippen LogP) is 0.427. The molecule has 0 heterocycles. The van der Waals surface area contributed by atoms with Gasteiger partial charge in [0.1, 0.15) is 5.84 Å². The molecule has 6 heteroatoms. The number of aryl methyl sites for hydroxylation is 1. The summed E-state index contributed by atoms with van der Waals surface area (Å²) in [6, 6.07) is 9.42. The van der Waals surface area contributed by atoms with E-state index < -0.39 is 10.0 Å². The average Bonchev–Trinajstić information content (AvgIpc) is 2.27. The Bertz CT molecular complexity index is 471. The number of likely N-dealkylation sites (N-methyl/N-ethyl adjacent to an activating group) is 1. The number of benzene rings is 1.